The van der Waals surface area contributed by atoms with Crippen LogP contribution in [0.15, 0.2) is 0 Å². The Balaban J connectivity index is 3.24. The zero-order valence-electron chi connectivity index (χ0n) is 5.89. The normalized spacial score (nSPS) is 10.9. The van der Waals surface area contributed by atoms with E-state index in [2.05, 4.69) is 0 Å². The van der Waals surface area contributed by atoms with Crippen molar-refractivity contribution < 1.29 is 13.6 Å². The zero-order valence-corrected chi connectivity index (χ0v) is 5.89. The molecule has 0 aromatic rings. The van der Waals surface area contributed by atoms with E-state index in [-0.39, 0.29) is 6.54 Å². The molecule has 0 amide bonds. The molecule has 60 valence electrons. The van der Waals surface area contributed by atoms with E-state index in [0.29, 0.717) is 13.0 Å². The van der Waals surface area contributed by atoms with Gasteiger partial charge in [-0.1, -0.05) is 0 Å². The van der Waals surface area contributed by atoms with Gasteiger partial charge >= 0.3 is 0 Å². The van der Waals surface area contributed by atoms with Crippen LogP contribution < -0.4 is 0 Å². The summed E-state index contributed by atoms with van der Waals surface area (Å²) in [5.41, 5.74) is 0. The minimum atomic E-state index is -2.31. The van der Waals surface area contributed by atoms with E-state index in [1.165, 1.54) is 4.90 Å². The van der Waals surface area contributed by atoms with Crippen LogP contribution in [0.5, 0.6) is 0 Å². The highest BCUT2D eigenvalue weighted by molar-refractivity contribution is 5.49. The molecule has 2 nitrogen and oxygen atoms in total. The van der Waals surface area contributed by atoms with Crippen LogP contribution in [0.2, 0.25) is 0 Å². The van der Waals surface area contributed by atoms with Crippen LogP contribution in [0.25, 0.3) is 0 Å². The third kappa shape index (κ3) is 5.62. The first kappa shape index (κ1) is 9.49. The highest BCUT2D eigenvalue weighted by Gasteiger charge is 2.05. The minimum absolute atomic E-state index is 0.256. The fourth-order valence-corrected chi connectivity index (χ4v) is 0.600. The smallest absolute Gasteiger partial charge is 0.251 e. The summed E-state index contributed by atoms with van der Waals surface area (Å²) in [6, 6.07) is 0. The van der Waals surface area contributed by atoms with E-state index in [1.807, 2.05) is 0 Å². The lowest BCUT2D eigenvalue weighted by atomic mass is 10.4. The fourth-order valence-electron chi connectivity index (χ4n) is 0.600. The van der Waals surface area contributed by atoms with Crippen molar-refractivity contribution >= 4 is 6.29 Å². The Morgan fingerprint density at radius 3 is 2.60 bits per heavy atom. The summed E-state index contributed by atoms with van der Waals surface area (Å²) in [6.07, 6.45) is -1.26. The Morgan fingerprint density at radius 1 is 1.60 bits per heavy atom. The van der Waals surface area contributed by atoms with Crippen molar-refractivity contribution in [3.8, 4) is 0 Å². The van der Waals surface area contributed by atoms with Crippen molar-refractivity contribution in [2.45, 2.75) is 12.8 Å². The molecule has 0 spiro atoms. The molecule has 0 aromatic carbocycles. The van der Waals surface area contributed by atoms with Gasteiger partial charge in [-0.3, -0.25) is 0 Å². The van der Waals surface area contributed by atoms with Crippen LogP contribution in [0.4, 0.5) is 8.78 Å². The molecule has 0 radical (unpaired) electrons. The molecule has 0 aromatic heterocycles. The SMILES string of the molecule is CN(CCC=O)CC(F)F. The van der Waals surface area contributed by atoms with Crippen molar-refractivity contribution in [2.24, 2.45) is 0 Å². The first-order valence-corrected chi connectivity index (χ1v) is 3.07. The van der Waals surface area contributed by atoms with Crippen LogP contribution in [-0.4, -0.2) is 37.7 Å². The molecule has 0 fully saturated rings. The van der Waals surface area contributed by atoms with Crippen molar-refractivity contribution in [3.63, 3.8) is 0 Å². The molecule has 0 saturated heterocycles. The summed E-state index contributed by atoms with van der Waals surface area (Å²) in [4.78, 5) is 11.2. The van der Waals surface area contributed by atoms with E-state index < -0.39 is 6.43 Å². The number of hydrogen-bond acceptors (Lipinski definition) is 2. The van der Waals surface area contributed by atoms with Crippen LogP contribution >= 0.6 is 0 Å². The molecular weight excluding hydrogens is 140 g/mol. The largest absolute Gasteiger partial charge is 0.303 e. The summed E-state index contributed by atoms with van der Waals surface area (Å²) < 4.78 is 23.2. The van der Waals surface area contributed by atoms with Gasteiger partial charge < -0.3 is 9.69 Å². The summed E-state index contributed by atoms with van der Waals surface area (Å²) in [7, 11) is 1.57. The molecule has 0 N–H and O–H groups in total. The Hall–Kier alpha value is -0.510. The Labute approximate surface area is 58.8 Å². The highest BCUT2D eigenvalue weighted by atomic mass is 19.3. The van der Waals surface area contributed by atoms with Gasteiger partial charge in [0.1, 0.15) is 6.29 Å². The lowest BCUT2D eigenvalue weighted by Gasteiger charge is -2.13. The lowest BCUT2D eigenvalue weighted by Crippen LogP contribution is -2.25. The van der Waals surface area contributed by atoms with Crippen LogP contribution in [-0.2, 0) is 4.79 Å². The van der Waals surface area contributed by atoms with Gasteiger partial charge in [0.15, 0.2) is 0 Å². The minimum Gasteiger partial charge on any atom is -0.303 e. The molecule has 4 heteroatoms. The topological polar surface area (TPSA) is 20.3 Å². The number of halogens is 2. The number of nitrogens with zero attached hydrogens (tertiary/aromatic N) is 1. The molecule has 0 unspecified atom stereocenters. The Morgan fingerprint density at radius 2 is 2.20 bits per heavy atom. The molecule has 10 heavy (non-hydrogen) atoms. The molecule has 0 rings (SSSR count). The van der Waals surface area contributed by atoms with Gasteiger partial charge in [-0.2, -0.15) is 0 Å². The standard InChI is InChI=1S/C6H11F2NO/c1-9(3-2-4-10)5-6(7)8/h4,6H,2-3,5H2,1H3. The Kier molecular flexibility index (Phi) is 5.02. The summed E-state index contributed by atoms with van der Waals surface area (Å²) in [5, 5.41) is 0. The van der Waals surface area contributed by atoms with Crippen molar-refractivity contribution in [2.75, 3.05) is 20.1 Å². The number of hydrogen-bond donors (Lipinski definition) is 0. The number of aldehydes is 1. The number of rotatable bonds is 5. The van der Waals surface area contributed by atoms with E-state index in [0.717, 1.165) is 6.29 Å². The molecule has 0 aliphatic heterocycles. The monoisotopic (exact) mass is 151 g/mol. The predicted molar refractivity (Wildman–Crippen MR) is 34.2 cm³/mol. The second-order valence-corrected chi connectivity index (χ2v) is 2.11. The average molecular weight is 151 g/mol. The fraction of sp³-hybridized carbons (Fsp3) is 0.833. The van der Waals surface area contributed by atoms with Crippen LogP contribution in [0.1, 0.15) is 6.42 Å². The van der Waals surface area contributed by atoms with Gasteiger partial charge in [-0.05, 0) is 7.05 Å². The summed E-state index contributed by atoms with van der Waals surface area (Å²) in [5.74, 6) is 0. The third-order valence-electron chi connectivity index (χ3n) is 1.08. The van der Waals surface area contributed by atoms with E-state index in [4.69, 9.17) is 0 Å². The maximum atomic E-state index is 11.6. The van der Waals surface area contributed by atoms with Crippen molar-refractivity contribution in [1.82, 2.24) is 4.90 Å². The van der Waals surface area contributed by atoms with E-state index >= 15 is 0 Å². The molecule has 0 atom stereocenters. The van der Waals surface area contributed by atoms with E-state index in [9.17, 15) is 13.6 Å². The quantitative estimate of drug-likeness (QED) is 0.541. The highest BCUT2D eigenvalue weighted by Crippen LogP contribution is 1.95. The Bertz CT molecular complexity index is 97.7. The first-order chi connectivity index (χ1) is 4.66. The lowest BCUT2D eigenvalue weighted by molar-refractivity contribution is -0.108. The number of carbonyl (C=O) groups is 1. The van der Waals surface area contributed by atoms with Gasteiger partial charge in [0.2, 0.25) is 0 Å². The first-order valence-electron chi connectivity index (χ1n) is 3.07. The predicted octanol–water partition coefficient (Wildman–Crippen LogP) is 0.772. The molecule has 0 bridgehead atoms. The maximum absolute atomic E-state index is 11.6. The van der Waals surface area contributed by atoms with Crippen LogP contribution in [0.3, 0.4) is 0 Å². The number of alkyl halides is 2. The van der Waals surface area contributed by atoms with Crippen molar-refractivity contribution in [3.05, 3.63) is 0 Å². The van der Waals surface area contributed by atoms with Crippen molar-refractivity contribution in [1.29, 1.82) is 0 Å². The van der Waals surface area contributed by atoms with Gasteiger partial charge in [0.25, 0.3) is 6.43 Å². The maximum Gasteiger partial charge on any atom is 0.251 e. The average Bonchev–Trinajstić information content (AvgIpc) is 1.82. The van der Waals surface area contributed by atoms with Gasteiger partial charge in [-0.15, -0.1) is 0 Å². The van der Waals surface area contributed by atoms with Crippen LogP contribution in [0, 0.1) is 0 Å². The number of carbonyl (C=O) groups excluding carboxylic acids is 1. The zero-order chi connectivity index (χ0) is 7.98. The second kappa shape index (κ2) is 5.29. The third-order valence-corrected chi connectivity index (χ3v) is 1.08. The van der Waals surface area contributed by atoms with E-state index in [1.54, 1.807) is 7.05 Å². The molecule has 0 saturated carbocycles. The summed E-state index contributed by atoms with van der Waals surface area (Å²) in [6.45, 7) is 0.154. The summed E-state index contributed by atoms with van der Waals surface area (Å²) >= 11 is 0. The molecular formula is C6H11F2NO. The second-order valence-electron chi connectivity index (χ2n) is 2.11. The molecule has 0 aliphatic carbocycles. The van der Waals surface area contributed by atoms with Gasteiger partial charge in [0, 0.05) is 13.0 Å². The van der Waals surface area contributed by atoms with Gasteiger partial charge in [0.05, 0.1) is 6.54 Å². The molecule has 0 heterocycles. The van der Waals surface area contributed by atoms with Gasteiger partial charge in [-0.25, -0.2) is 8.78 Å². The molecule has 0 aliphatic rings.